The molecule has 198 valence electrons. The van der Waals surface area contributed by atoms with E-state index in [9.17, 15) is 13.6 Å². The molecule has 37 heavy (non-hydrogen) atoms. The predicted molar refractivity (Wildman–Crippen MR) is 137 cm³/mol. The largest absolute Gasteiger partial charge is 0.444 e. The van der Waals surface area contributed by atoms with Crippen molar-refractivity contribution in [1.82, 2.24) is 25.3 Å². The monoisotopic (exact) mass is 511 g/mol. The lowest BCUT2D eigenvalue weighted by molar-refractivity contribution is 0.0375. The number of carbonyl (C=O) groups is 1. The second kappa shape index (κ2) is 11.8. The van der Waals surface area contributed by atoms with Crippen LogP contribution in [0.1, 0.15) is 44.0 Å². The highest BCUT2D eigenvalue weighted by Crippen LogP contribution is 2.27. The number of ether oxygens (including phenoxy) is 1. The molecule has 3 aromatic rings. The predicted octanol–water partition coefficient (Wildman–Crippen LogP) is 4.86. The molecule has 7 nitrogen and oxygen atoms in total. The maximum absolute atomic E-state index is 12.4. The van der Waals surface area contributed by atoms with Crippen molar-refractivity contribution in [1.29, 1.82) is 0 Å². The summed E-state index contributed by atoms with van der Waals surface area (Å²) in [6.07, 6.45) is 2.51. The van der Waals surface area contributed by atoms with Gasteiger partial charge in [-0.05, 0) is 57.0 Å². The Morgan fingerprint density at radius 3 is 2.35 bits per heavy atom. The molecule has 2 aliphatic heterocycles. The van der Waals surface area contributed by atoms with Crippen LogP contribution in [0.25, 0.3) is 0 Å². The number of halogens is 2. The fraction of sp³-hybridized carbons (Fsp3) is 0.429. The van der Waals surface area contributed by atoms with Crippen molar-refractivity contribution in [3.05, 3.63) is 89.2 Å². The SMILES string of the molecule is CC(C)(C)OC(=O)N[C@H]1C[C@@H](N2Cc3cn[nH]c3C2)CN(Cc2ccccc2)C1.Fc1ccc(F)cc1. The van der Waals surface area contributed by atoms with Crippen LogP contribution in [-0.4, -0.2) is 56.9 Å². The van der Waals surface area contributed by atoms with Crippen LogP contribution in [0.5, 0.6) is 0 Å². The van der Waals surface area contributed by atoms with E-state index >= 15 is 0 Å². The highest BCUT2D eigenvalue weighted by Gasteiger charge is 2.35. The molecule has 2 aromatic carbocycles. The molecular formula is C28H35F2N5O2. The molecule has 1 aromatic heterocycles. The molecule has 2 aliphatic rings. The Morgan fingerprint density at radius 1 is 1.05 bits per heavy atom. The lowest BCUT2D eigenvalue weighted by Gasteiger charge is -2.41. The fourth-order valence-electron chi connectivity index (χ4n) is 4.75. The van der Waals surface area contributed by atoms with Crippen molar-refractivity contribution >= 4 is 6.09 Å². The summed E-state index contributed by atoms with van der Waals surface area (Å²) in [5, 5.41) is 10.4. The Morgan fingerprint density at radius 2 is 1.73 bits per heavy atom. The maximum Gasteiger partial charge on any atom is 0.407 e. The highest BCUT2D eigenvalue weighted by molar-refractivity contribution is 5.68. The Kier molecular flexibility index (Phi) is 8.56. The summed E-state index contributed by atoms with van der Waals surface area (Å²) in [6.45, 7) is 10.2. The molecular weight excluding hydrogens is 476 g/mol. The molecule has 0 bridgehead atoms. The van der Waals surface area contributed by atoms with Crippen LogP contribution in [0.3, 0.4) is 0 Å². The minimum atomic E-state index is -0.493. The summed E-state index contributed by atoms with van der Waals surface area (Å²) < 4.78 is 29.3. The summed E-state index contributed by atoms with van der Waals surface area (Å²) in [7, 11) is 0. The molecule has 0 radical (unpaired) electrons. The van der Waals surface area contributed by atoms with Crippen molar-refractivity contribution < 1.29 is 18.3 Å². The molecule has 3 heterocycles. The molecule has 2 N–H and O–H groups in total. The first-order valence-electron chi connectivity index (χ1n) is 12.6. The minimum absolute atomic E-state index is 0.0596. The highest BCUT2D eigenvalue weighted by atomic mass is 19.1. The summed E-state index contributed by atoms with van der Waals surface area (Å²) in [5.41, 5.74) is 3.29. The number of H-pyrrole nitrogens is 1. The molecule has 2 atom stereocenters. The summed E-state index contributed by atoms with van der Waals surface area (Å²) in [4.78, 5) is 17.3. The molecule has 1 fully saturated rings. The number of alkyl carbamates (subject to hydrolysis) is 1. The third kappa shape index (κ3) is 8.10. The van der Waals surface area contributed by atoms with Crippen LogP contribution in [0.4, 0.5) is 13.6 Å². The van der Waals surface area contributed by atoms with Crippen molar-refractivity contribution in [2.24, 2.45) is 0 Å². The van der Waals surface area contributed by atoms with Gasteiger partial charge in [-0.15, -0.1) is 0 Å². The van der Waals surface area contributed by atoms with Gasteiger partial charge in [0.2, 0.25) is 0 Å². The van der Waals surface area contributed by atoms with Gasteiger partial charge in [0.1, 0.15) is 17.2 Å². The quantitative estimate of drug-likeness (QED) is 0.524. The number of nitrogens with zero attached hydrogens (tertiary/aromatic N) is 3. The Balaban J connectivity index is 0.000000342. The molecule has 1 saturated heterocycles. The van der Waals surface area contributed by atoms with Gasteiger partial charge in [-0.2, -0.15) is 5.10 Å². The van der Waals surface area contributed by atoms with E-state index in [0.717, 1.165) is 63.4 Å². The molecule has 0 spiro atoms. The number of hydrogen-bond donors (Lipinski definition) is 2. The van der Waals surface area contributed by atoms with E-state index in [1.54, 1.807) is 0 Å². The van der Waals surface area contributed by atoms with Crippen LogP contribution < -0.4 is 5.32 Å². The van der Waals surface area contributed by atoms with Crippen LogP contribution in [0.15, 0.2) is 60.8 Å². The molecule has 9 heteroatoms. The van der Waals surface area contributed by atoms with Crippen molar-refractivity contribution in [2.45, 2.75) is 64.5 Å². The number of rotatable bonds is 4. The van der Waals surface area contributed by atoms with Gasteiger partial charge >= 0.3 is 6.09 Å². The van der Waals surface area contributed by atoms with Crippen molar-refractivity contribution in [2.75, 3.05) is 13.1 Å². The first-order valence-corrected chi connectivity index (χ1v) is 12.6. The number of benzene rings is 2. The maximum atomic E-state index is 12.4. The van der Waals surface area contributed by atoms with Crippen LogP contribution >= 0.6 is 0 Å². The fourth-order valence-corrected chi connectivity index (χ4v) is 4.75. The number of aromatic nitrogens is 2. The van der Waals surface area contributed by atoms with Gasteiger partial charge in [0.25, 0.3) is 0 Å². The Hall–Kier alpha value is -3.30. The van der Waals surface area contributed by atoms with Gasteiger partial charge in [0.15, 0.2) is 0 Å². The van der Waals surface area contributed by atoms with E-state index in [-0.39, 0.29) is 12.1 Å². The minimum Gasteiger partial charge on any atom is -0.444 e. The number of hydrogen-bond acceptors (Lipinski definition) is 5. The zero-order valence-electron chi connectivity index (χ0n) is 21.6. The second-order valence-corrected chi connectivity index (χ2v) is 10.6. The number of carbonyl (C=O) groups excluding carboxylic acids is 1. The molecule has 0 unspecified atom stereocenters. The van der Waals surface area contributed by atoms with E-state index in [2.05, 4.69) is 49.6 Å². The first-order chi connectivity index (χ1) is 17.6. The van der Waals surface area contributed by atoms with Gasteiger partial charge in [-0.3, -0.25) is 14.9 Å². The smallest absolute Gasteiger partial charge is 0.407 e. The lowest BCUT2D eigenvalue weighted by atomic mass is 9.98. The number of likely N-dealkylation sites (tertiary alicyclic amines) is 1. The van der Waals surface area contributed by atoms with Crippen LogP contribution in [0.2, 0.25) is 0 Å². The molecule has 0 aliphatic carbocycles. The summed E-state index contributed by atoms with van der Waals surface area (Å²) in [6, 6.07) is 15.3. The molecule has 1 amide bonds. The molecule has 0 saturated carbocycles. The van der Waals surface area contributed by atoms with E-state index in [0.29, 0.717) is 6.04 Å². The van der Waals surface area contributed by atoms with E-state index in [4.69, 9.17) is 4.74 Å². The third-order valence-corrected chi connectivity index (χ3v) is 6.34. The lowest BCUT2D eigenvalue weighted by Crippen LogP contribution is -2.56. The topological polar surface area (TPSA) is 73.5 Å². The summed E-state index contributed by atoms with van der Waals surface area (Å²) in [5.74, 6) is -0.821. The van der Waals surface area contributed by atoms with E-state index < -0.39 is 17.2 Å². The Labute approximate surface area is 216 Å². The number of nitrogens with one attached hydrogen (secondary N) is 2. The second-order valence-electron chi connectivity index (χ2n) is 10.6. The van der Waals surface area contributed by atoms with Crippen LogP contribution in [-0.2, 0) is 24.4 Å². The zero-order chi connectivity index (χ0) is 26.4. The van der Waals surface area contributed by atoms with E-state index in [1.807, 2.05) is 33.0 Å². The number of amides is 1. The van der Waals surface area contributed by atoms with Gasteiger partial charge in [-0.25, -0.2) is 13.6 Å². The van der Waals surface area contributed by atoms with Crippen LogP contribution in [0, 0.1) is 11.6 Å². The number of aromatic amines is 1. The van der Waals surface area contributed by atoms with Crippen molar-refractivity contribution in [3.63, 3.8) is 0 Å². The average molecular weight is 512 g/mol. The average Bonchev–Trinajstić information content (AvgIpc) is 3.43. The number of piperidine rings is 1. The van der Waals surface area contributed by atoms with E-state index in [1.165, 1.54) is 16.8 Å². The number of fused-ring (bicyclic) bond motifs is 1. The third-order valence-electron chi connectivity index (χ3n) is 6.34. The van der Waals surface area contributed by atoms with Crippen molar-refractivity contribution in [3.8, 4) is 0 Å². The standard InChI is InChI=1S/C22H31N5O2.C6H4F2/c1-22(2,3)29-21(28)24-18-9-19(27-12-17-10-23-25-20(17)15-27)14-26(13-18)11-16-7-5-4-6-8-16;7-5-1-2-6(8)4-3-5/h4-8,10,18-19H,9,11-15H2,1-3H3,(H,23,25)(H,24,28);1-4H/t18-,19+;/m0./s1. The summed E-state index contributed by atoms with van der Waals surface area (Å²) >= 11 is 0. The van der Waals surface area contributed by atoms with Gasteiger partial charge < -0.3 is 10.1 Å². The Bertz CT molecular complexity index is 1110. The van der Waals surface area contributed by atoms with Gasteiger partial charge in [0, 0.05) is 50.4 Å². The molecule has 5 rings (SSSR count). The van der Waals surface area contributed by atoms with Gasteiger partial charge in [0.05, 0.1) is 11.9 Å². The first kappa shape index (κ1) is 26.8. The van der Waals surface area contributed by atoms with Gasteiger partial charge in [-0.1, -0.05) is 30.3 Å². The normalized spacial score (nSPS) is 20.0. The zero-order valence-corrected chi connectivity index (χ0v) is 21.6.